The summed E-state index contributed by atoms with van der Waals surface area (Å²) >= 11 is 2.85. The first-order chi connectivity index (χ1) is 15.4. The first-order valence-corrected chi connectivity index (χ1v) is 12.3. The lowest BCUT2D eigenvalue weighted by molar-refractivity contribution is -0.164. The zero-order valence-electron chi connectivity index (χ0n) is 18.0. The molecule has 0 spiro atoms. The fourth-order valence-corrected chi connectivity index (χ4v) is 6.61. The van der Waals surface area contributed by atoms with E-state index in [2.05, 4.69) is 18.0 Å². The number of fused-ring (bicyclic) bond motifs is 1. The van der Waals surface area contributed by atoms with E-state index in [0.29, 0.717) is 13.0 Å². The van der Waals surface area contributed by atoms with Gasteiger partial charge in [-0.3, -0.25) is 4.79 Å². The molecule has 0 radical (unpaired) electrons. The molecule has 0 unspecified atom stereocenters. The molecule has 172 valence electrons. The van der Waals surface area contributed by atoms with Crippen molar-refractivity contribution in [2.45, 2.75) is 42.8 Å². The van der Waals surface area contributed by atoms with Crippen molar-refractivity contribution in [2.75, 3.05) is 19.8 Å². The van der Waals surface area contributed by atoms with Crippen LogP contribution in [0.15, 0.2) is 39.1 Å². The molecule has 0 aromatic carbocycles. The number of ether oxygens (including phenoxy) is 1. The largest absolute Gasteiger partial charge is 0.457 e. The van der Waals surface area contributed by atoms with Crippen molar-refractivity contribution in [1.29, 1.82) is 0 Å². The van der Waals surface area contributed by atoms with Gasteiger partial charge in [-0.1, -0.05) is 37.4 Å². The van der Waals surface area contributed by atoms with Gasteiger partial charge in [-0.2, -0.15) is 0 Å². The minimum absolute atomic E-state index is 0.0171. The van der Waals surface area contributed by atoms with Crippen molar-refractivity contribution in [1.82, 2.24) is 15.2 Å². The number of carbonyl (C=O) groups excluding carboxylic acids is 2. The molecule has 3 aliphatic rings. The number of β-lactam (4-membered cyclic amide) rings is 1. The number of aliphatic hydroxyl groups excluding tert-OH is 2. The summed E-state index contributed by atoms with van der Waals surface area (Å²) in [6.07, 6.45) is 3.46. The summed E-state index contributed by atoms with van der Waals surface area (Å²) < 4.78 is 6.03. The van der Waals surface area contributed by atoms with E-state index in [1.807, 2.05) is 12.3 Å². The molecule has 4 rings (SSSR count). The molecular formula is C22H27N3O5S2. The molecule has 3 aliphatic heterocycles. The van der Waals surface area contributed by atoms with Gasteiger partial charge in [0.15, 0.2) is 4.34 Å². The Morgan fingerprint density at radius 2 is 2.34 bits per heavy atom. The van der Waals surface area contributed by atoms with Gasteiger partial charge in [0, 0.05) is 28.8 Å². The summed E-state index contributed by atoms with van der Waals surface area (Å²) in [7, 11) is 0. The van der Waals surface area contributed by atoms with E-state index < -0.39 is 18.0 Å². The van der Waals surface area contributed by atoms with E-state index >= 15 is 0 Å². The van der Waals surface area contributed by atoms with Crippen molar-refractivity contribution >= 4 is 40.5 Å². The average molecular weight is 478 g/mol. The second-order valence-corrected chi connectivity index (χ2v) is 10.3. The molecule has 1 amide bonds. The number of nitrogens with zero attached hydrogens (tertiary/aromatic N) is 2. The molecule has 1 fully saturated rings. The summed E-state index contributed by atoms with van der Waals surface area (Å²) in [6.45, 7) is 7.94. The predicted molar refractivity (Wildman–Crippen MR) is 123 cm³/mol. The highest BCUT2D eigenvalue weighted by Gasteiger charge is 2.60. The Labute approximate surface area is 195 Å². The number of hydrogen-bond acceptors (Lipinski definition) is 9. The lowest BCUT2D eigenvalue weighted by Gasteiger charge is -2.46. The Kier molecular flexibility index (Phi) is 6.87. The maximum atomic E-state index is 12.8. The predicted octanol–water partition coefficient (Wildman–Crippen LogP) is 1.77. The Balaban J connectivity index is 1.61. The first kappa shape index (κ1) is 23.2. The van der Waals surface area contributed by atoms with Gasteiger partial charge < -0.3 is 25.2 Å². The molecule has 0 bridgehead atoms. The van der Waals surface area contributed by atoms with Crippen LogP contribution >= 0.6 is 23.1 Å². The van der Waals surface area contributed by atoms with Gasteiger partial charge in [-0.25, -0.2) is 9.78 Å². The average Bonchev–Trinajstić information content (AvgIpc) is 3.34. The van der Waals surface area contributed by atoms with E-state index in [-0.39, 0.29) is 42.8 Å². The van der Waals surface area contributed by atoms with E-state index in [9.17, 15) is 19.8 Å². The minimum atomic E-state index is -0.793. The molecule has 1 saturated heterocycles. The van der Waals surface area contributed by atoms with Crippen LogP contribution < -0.4 is 5.32 Å². The number of rotatable bonds is 8. The molecule has 8 nitrogen and oxygen atoms in total. The zero-order valence-corrected chi connectivity index (χ0v) is 19.6. The van der Waals surface area contributed by atoms with Gasteiger partial charge in [-0.15, -0.1) is 11.3 Å². The van der Waals surface area contributed by atoms with Crippen LogP contribution in [0.1, 0.15) is 26.0 Å². The molecule has 4 heterocycles. The Morgan fingerprint density at radius 1 is 1.56 bits per heavy atom. The summed E-state index contributed by atoms with van der Waals surface area (Å²) in [4.78, 5) is 32.5. The van der Waals surface area contributed by atoms with Gasteiger partial charge >= 0.3 is 5.97 Å². The van der Waals surface area contributed by atoms with Crippen LogP contribution in [0.2, 0.25) is 0 Å². The lowest BCUT2D eigenvalue weighted by atomic mass is 9.79. The van der Waals surface area contributed by atoms with E-state index in [1.54, 1.807) is 6.92 Å². The first-order valence-electron chi connectivity index (χ1n) is 10.6. The molecule has 1 aromatic rings. The molecular weight excluding hydrogens is 450 g/mol. The van der Waals surface area contributed by atoms with Crippen molar-refractivity contribution in [3.8, 4) is 0 Å². The molecule has 32 heavy (non-hydrogen) atoms. The van der Waals surface area contributed by atoms with Crippen LogP contribution in [0.4, 0.5) is 0 Å². The third-order valence-electron chi connectivity index (χ3n) is 6.09. The number of thiazole rings is 1. The summed E-state index contributed by atoms with van der Waals surface area (Å²) in [6, 6.07) is -0.253. The van der Waals surface area contributed by atoms with Crippen LogP contribution in [0.5, 0.6) is 0 Å². The number of thioether (sulfide) groups is 1. The Morgan fingerprint density at radius 3 is 3.03 bits per heavy atom. The van der Waals surface area contributed by atoms with Crippen LogP contribution in [0.25, 0.3) is 5.57 Å². The second-order valence-electron chi connectivity index (χ2n) is 8.18. The van der Waals surface area contributed by atoms with Crippen LogP contribution in [-0.4, -0.2) is 69.9 Å². The smallest absolute Gasteiger partial charge is 0.356 e. The van der Waals surface area contributed by atoms with Gasteiger partial charge in [0.1, 0.15) is 12.3 Å². The van der Waals surface area contributed by atoms with Gasteiger partial charge in [0.2, 0.25) is 5.91 Å². The summed E-state index contributed by atoms with van der Waals surface area (Å²) in [5, 5.41) is 24.7. The zero-order chi connectivity index (χ0) is 23.0. The van der Waals surface area contributed by atoms with E-state index in [4.69, 9.17) is 9.72 Å². The van der Waals surface area contributed by atoms with Crippen LogP contribution in [-0.2, 0) is 14.3 Å². The van der Waals surface area contributed by atoms with E-state index in [1.165, 1.54) is 34.1 Å². The third kappa shape index (κ3) is 4.06. The number of aromatic nitrogens is 1. The number of amides is 1. The number of carbonyl (C=O) groups is 2. The summed E-state index contributed by atoms with van der Waals surface area (Å²) in [5.74, 6) is -1.49. The van der Waals surface area contributed by atoms with Gasteiger partial charge in [0.25, 0.3) is 0 Å². The SMILES string of the molecule is C=CCOC(=O)C1=C(Sc2nc(C3=CCN[C@H](CO)C3)cs2)[C@H](C)[C@@H]2[C@@H]([C@@H](C)O)C(=O)N12. The van der Waals surface area contributed by atoms with Crippen LogP contribution in [0, 0.1) is 11.8 Å². The quantitative estimate of drug-likeness (QED) is 0.295. The van der Waals surface area contributed by atoms with E-state index in [0.717, 1.165) is 20.5 Å². The summed E-state index contributed by atoms with van der Waals surface area (Å²) in [5.41, 5.74) is 2.19. The molecule has 3 N–H and O–H groups in total. The number of nitrogens with one attached hydrogen (secondary N) is 1. The second kappa shape index (κ2) is 9.48. The highest BCUT2D eigenvalue weighted by Crippen LogP contribution is 2.52. The Hall–Kier alpha value is -1.98. The van der Waals surface area contributed by atoms with Crippen molar-refractivity contribution in [3.63, 3.8) is 0 Å². The normalized spacial score (nSPS) is 28.2. The third-order valence-corrected chi connectivity index (χ3v) is 8.31. The molecule has 5 atom stereocenters. The van der Waals surface area contributed by atoms with Crippen molar-refractivity contribution < 1.29 is 24.5 Å². The Bertz CT molecular complexity index is 986. The van der Waals surface area contributed by atoms with Gasteiger partial charge in [0.05, 0.1) is 30.4 Å². The van der Waals surface area contributed by atoms with Crippen molar-refractivity contribution in [3.05, 3.63) is 40.4 Å². The highest BCUT2D eigenvalue weighted by molar-refractivity contribution is 8.04. The lowest BCUT2D eigenvalue weighted by Crippen LogP contribution is -2.63. The molecule has 10 heteroatoms. The van der Waals surface area contributed by atoms with Crippen molar-refractivity contribution in [2.24, 2.45) is 11.8 Å². The molecule has 0 aliphatic carbocycles. The maximum Gasteiger partial charge on any atom is 0.356 e. The molecule has 0 saturated carbocycles. The fraction of sp³-hybridized carbons (Fsp3) is 0.500. The standard InChI is InChI=1S/C22H27N3O5S2/c1-4-7-30-21(29)18-19(11(2)17-16(12(3)27)20(28)25(17)18)32-22-24-15(10-31-22)13-5-6-23-14(8-13)9-26/h4-5,10-12,14,16-17,23,26-27H,1,6-9H2,2-3H3/t11-,12-,14+,16-,17-/m1/s1. The fourth-order valence-electron chi connectivity index (χ4n) is 4.50. The topological polar surface area (TPSA) is 112 Å². The van der Waals surface area contributed by atoms with Gasteiger partial charge in [-0.05, 0) is 18.9 Å². The number of esters is 1. The minimum Gasteiger partial charge on any atom is -0.457 e. The monoisotopic (exact) mass is 477 g/mol. The highest BCUT2D eigenvalue weighted by atomic mass is 32.2. The maximum absolute atomic E-state index is 12.8. The molecule has 1 aromatic heterocycles. The number of hydrogen-bond donors (Lipinski definition) is 3. The number of aliphatic hydroxyl groups is 2. The van der Waals surface area contributed by atoms with Crippen LogP contribution in [0.3, 0.4) is 0 Å².